The summed E-state index contributed by atoms with van der Waals surface area (Å²) in [6.45, 7) is 10.9. The van der Waals surface area contributed by atoms with Crippen molar-refractivity contribution in [2.24, 2.45) is 11.8 Å². The lowest BCUT2D eigenvalue weighted by molar-refractivity contribution is -0.140. The molecule has 1 unspecified atom stereocenters. The molecular weight excluding hydrogens is 534 g/mol. The molecular formula is C29H45N3O9. The van der Waals surface area contributed by atoms with Gasteiger partial charge >= 0.3 is 6.09 Å². The van der Waals surface area contributed by atoms with Gasteiger partial charge in [-0.2, -0.15) is 0 Å². The smallest absolute Gasteiger partial charge is 0.407 e. The summed E-state index contributed by atoms with van der Waals surface area (Å²) < 4.78 is 26.9. The van der Waals surface area contributed by atoms with E-state index < -0.39 is 6.09 Å². The second kappa shape index (κ2) is 19.1. The second-order valence-electron chi connectivity index (χ2n) is 10.3. The molecule has 1 heterocycles. The zero-order chi connectivity index (χ0) is 30.0. The second-order valence-corrected chi connectivity index (χ2v) is 10.3. The molecule has 1 aromatic carbocycles. The Labute approximate surface area is 242 Å². The highest BCUT2D eigenvalue weighted by Crippen LogP contribution is 2.25. The Balaban J connectivity index is 1.38. The number of amides is 4. The molecule has 41 heavy (non-hydrogen) atoms. The Kier molecular flexibility index (Phi) is 15.9. The molecule has 1 fully saturated rings. The van der Waals surface area contributed by atoms with Gasteiger partial charge in [0.15, 0.2) is 0 Å². The molecule has 1 aromatic rings. The average molecular weight is 580 g/mol. The summed E-state index contributed by atoms with van der Waals surface area (Å²) in [7, 11) is 0. The molecule has 2 N–H and O–H groups in total. The van der Waals surface area contributed by atoms with Gasteiger partial charge in [0.1, 0.15) is 6.61 Å². The SMILES string of the molecule is CC(C)NC(=O)OCc1ccc(NC(=O)CCOCCOCCOCCOCCN2C(=O)CC(C(C)C)C2=O)cc1. The number of anilines is 1. The Morgan fingerprint density at radius 1 is 0.854 bits per heavy atom. The van der Waals surface area contributed by atoms with E-state index in [-0.39, 0.29) is 68.2 Å². The number of likely N-dealkylation sites (tertiary alicyclic amines) is 1. The van der Waals surface area contributed by atoms with Crippen LogP contribution in [0, 0.1) is 11.8 Å². The monoisotopic (exact) mass is 579 g/mol. The van der Waals surface area contributed by atoms with E-state index in [2.05, 4.69) is 10.6 Å². The van der Waals surface area contributed by atoms with E-state index in [1.807, 2.05) is 27.7 Å². The lowest BCUT2D eigenvalue weighted by atomic mass is 9.94. The number of carbonyl (C=O) groups is 4. The predicted molar refractivity (Wildman–Crippen MR) is 151 cm³/mol. The van der Waals surface area contributed by atoms with Crippen molar-refractivity contribution in [2.45, 2.75) is 53.2 Å². The summed E-state index contributed by atoms with van der Waals surface area (Å²) in [6.07, 6.45) is 0.0271. The Morgan fingerprint density at radius 3 is 1.95 bits per heavy atom. The normalized spacial score (nSPS) is 15.2. The summed E-state index contributed by atoms with van der Waals surface area (Å²) in [4.78, 5) is 49.1. The summed E-state index contributed by atoms with van der Waals surface area (Å²) in [6, 6.07) is 7.08. The maximum absolute atomic E-state index is 12.2. The van der Waals surface area contributed by atoms with Gasteiger partial charge in [-0.15, -0.1) is 0 Å². The van der Waals surface area contributed by atoms with Crippen molar-refractivity contribution in [3.8, 4) is 0 Å². The van der Waals surface area contributed by atoms with Crippen molar-refractivity contribution < 1.29 is 42.9 Å². The number of hydrogen-bond donors (Lipinski definition) is 2. The van der Waals surface area contributed by atoms with Crippen LogP contribution in [-0.4, -0.2) is 94.2 Å². The predicted octanol–water partition coefficient (Wildman–Crippen LogP) is 2.75. The first-order chi connectivity index (χ1) is 19.7. The van der Waals surface area contributed by atoms with Crippen LogP contribution in [-0.2, 0) is 44.7 Å². The molecule has 0 radical (unpaired) electrons. The minimum Gasteiger partial charge on any atom is -0.445 e. The molecule has 4 amide bonds. The quantitative estimate of drug-likeness (QED) is 0.176. The average Bonchev–Trinajstić information content (AvgIpc) is 3.21. The highest BCUT2D eigenvalue weighted by atomic mass is 16.6. The number of alkyl carbamates (subject to hydrolysis) is 1. The van der Waals surface area contributed by atoms with Crippen molar-refractivity contribution >= 4 is 29.5 Å². The third-order valence-electron chi connectivity index (χ3n) is 6.15. The maximum Gasteiger partial charge on any atom is 0.407 e. The fourth-order valence-electron chi connectivity index (χ4n) is 3.88. The molecule has 1 aliphatic heterocycles. The third-order valence-corrected chi connectivity index (χ3v) is 6.15. The van der Waals surface area contributed by atoms with E-state index in [1.165, 1.54) is 4.90 Å². The van der Waals surface area contributed by atoms with Crippen molar-refractivity contribution in [1.29, 1.82) is 0 Å². The lowest BCUT2D eigenvalue weighted by Gasteiger charge is -2.16. The first-order valence-electron chi connectivity index (χ1n) is 14.1. The zero-order valence-electron chi connectivity index (χ0n) is 24.6. The van der Waals surface area contributed by atoms with Gasteiger partial charge in [-0.25, -0.2) is 4.79 Å². The topological polar surface area (TPSA) is 142 Å². The Morgan fingerprint density at radius 2 is 1.41 bits per heavy atom. The van der Waals surface area contributed by atoms with Crippen LogP contribution in [0.1, 0.15) is 46.1 Å². The van der Waals surface area contributed by atoms with Crippen LogP contribution in [0.3, 0.4) is 0 Å². The van der Waals surface area contributed by atoms with Gasteiger partial charge in [0.05, 0.1) is 65.8 Å². The minimum atomic E-state index is -0.470. The number of nitrogens with zero attached hydrogens (tertiary/aromatic N) is 1. The molecule has 2 rings (SSSR count). The fraction of sp³-hybridized carbons (Fsp3) is 0.655. The van der Waals surface area contributed by atoms with Crippen molar-refractivity contribution in [2.75, 3.05) is 64.7 Å². The van der Waals surface area contributed by atoms with E-state index >= 15 is 0 Å². The minimum absolute atomic E-state index is 0.00795. The highest BCUT2D eigenvalue weighted by molar-refractivity contribution is 6.03. The molecule has 12 heteroatoms. The first kappa shape index (κ1) is 34.1. The molecule has 12 nitrogen and oxygen atoms in total. The number of ether oxygens (including phenoxy) is 5. The third kappa shape index (κ3) is 13.9. The number of nitrogens with one attached hydrogen (secondary N) is 2. The van der Waals surface area contributed by atoms with Gasteiger partial charge in [0.25, 0.3) is 0 Å². The maximum atomic E-state index is 12.2. The molecule has 230 valence electrons. The number of benzene rings is 1. The summed E-state index contributed by atoms with van der Waals surface area (Å²) in [5.41, 5.74) is 1.46. The molecule has 1 aliphatic rings. The van der Waals surface area contributed by atoms with Gasteiger partial charge in [-0.3, -0.25) is 19.3 Å². The highest BCUT2D eigenvalue weighted by Gasteiger charge is 2.39. The van der Waals surface area contributed by atoms with Crippen LogP contribution in [0.25, 0.3) is 0 Å². The van der Waals surface area contributed by atoms with Gasteiger partial charge in [-0.05, 0) is 37.5 Å². The molecule has 0 saturated carbocycles. The van der Waals surface area contributed by atoms with Crippen molar-refractivity contribution in [3.63, 3.8) is 0 Å². The molecule has 1 atom stereocenters. The molecule has 0 aliphatic carbocycles. The van der Waals surface area contributed by atoms with Gasteiger partial charge in [0, 0.05) is 24.1 Å². The summed E-state index contributed by atoms with van der Waals surface area (Å²) >= 11 is 0. The largest absolute Gasteiger partial charge is 0.445 e. The fourth-order valence-corrected chi connectivity index (χ4v) is 3.88. The first-order valence-corrected chi connectivity index (χ1v) is 14.1. The number of imide groups is 1. The van der Waals surface area contributed by atoms with Crippen LogP contribution < -0.4 is 10.6 Å². The van der Waals surface area contributed by atoms with Crippen LogP contribution in [0.15, 0.2) is 24.3 Å². The lowest BCUT2D eigenvalue weighted by Crippen LogP contribution is -2.34. The summed E-state index contributed by atoms with van der Waals surface area (Å²) in [5.74, 6) is -0.461. The molecule has 0 aromatic heterocycles. The van der Waals surface area contributed by atoms with Gasteiger partial charge < -0.3 is 34.3 Å². The van der Waals surface area contributed by atoms with E-state index in [4.69, 9.17) is 23.7 Å². The van der Waals surface area contributed by atoms with Crippen molar-refractivity contribution in [1.82, 2.24) is 10.2 Å². The zero-order valence-corrected chi connectivity index (χ0v) is 24.6. The van der Waals surface area contributed by atoms with E-state index in [1.54, 1.807) is 24.3 Å². The van der Waals surface area contributed by atoms with E-state index in [9.17, 15) is 19.2 Å². The van der Waals surface area contributed by atoms with Crippen LogP contribution >= 0.6 is 0 Å². The molecule has 1 saturated heterocycles. The standard InChI is InChI=1S/C29H45N3O9/c1-21(2)25-19-27(34)32(28(25)35)10-12-38-14-16-40-18-17-39-15-13-37-11-9-26(33)31-24-7-5-23(6-8-24)20-41-29(36)30-22(3)4/h5-8,21-22,25H,9-20H2,1-4H3,(H,30,36)(H,31,33). The number of rotatable bonds is 20. The number of carbonyl (C=O) groups excluding carboxylic acids is 4. The Hall–Kier alpha value is -3.06. The van der Waals surface area contributed by atoms with Crippen LogP contribution in [0.5, 0.6) is 0 Å². The molecule has 0 bridgehead atoms. The van der Waals surface area contributed by atoms with Gasteiger partial charge in [-0.1, -0.05) is 26.0 Å². The van der Waals surface area contributed by atoms with Crippen molar-refractivity contribution in [3.05, 3.63) is 29.8 Å². The van der Waals surface area contributed by atoms with Crippen LogP contribution in [0.2, 0.25) is 0 Å². The summed E-state index contributed by atoms with van der Waals surface area (Å²) in [5, 5.41) is 5.45. The van der Waals surface area contributed by atoms with E-state index in [0.29, 0.717) is 51.9 Å². The van der Waals surface area contributed by atoms with E-state index in [0.717, 1.165) is 5.56 Å². The Bertz CT molecular complexity index is 953. The van der Waals surface area contributed by atoms with Gasteiger partial charge in [0.2, 0.25) is 17.7 Å². The van der Waals surface area contributed by atoms with Crippen LogP contribution in [0.4, 0.5) is 10.5 Å². The number of hydrogen-bond acceptors (Lipinski definition) is 9. The molecule has 0 spiro atoms.